The Hall–Kier alpha value is -2.39. The van der Waals surface area contributed by atoms with Crippen LogP contribution in [0, 0.1) is 6.92 Å². The number of fused-ring (bicyclic) bond motifs is 1. The van der Waals surface area contributed by atoms with Crippen LogP contribution in [0.15, 0.2) is 47.8 Å². The van der Waals surface area contributed by atoms with E-state index in [1.54, 1.807) is 18.3 Å². The first-order valence-corrected chi connectivity index (χ1v) is 8.86. The lowest BCUT2D eigenvalue weighted by Gasteiger charge is -2.18. The number of rotatable bonds is 5. The van der Waals surface area contributed by atoms with Crippen LogP contribution in [0.25, 0.3) is 10.9 Å². The fourth-order valence-electron chi connectivity index (χ4n) is 2.55. The Balaban J connectivity index is 2.00. The van der Waals surface area contributed by atoms with Crippen LogP contribution in [0.4, 0.5) is 8.78 Å². The number of halogens is 2. The van der Waals surface area contributed by atoms with Gasteiger partial charge in [0, 0.05) is 31.0 Å². The number of hydrogen-bond donors (Lipinski definition) is 0. The maximum absolute atomic E-state index is 12.9. The predicted molar refractivity (Wildman–Crippen MR) is 88.6 cm³/mol. The molecule has 0 bridgehead atoms. The zero-order valence-corrected chi connectivity index (χ0v) is 14.4. The summed E-state index contributed by atoms with van der Waals surface area (Å²) in [5.41, 5.74) is 1.26. The number of hydrogen-bond acceptors (Lipinski definition) is 4. The molecule has 0 N–H and O–H groups in total. The number of para-hydroxylation sites is 1. The molecule has 0 atom stereocenters. The normalized spacial score (nSPS) is 12.4. The molecular formula is C16H16F2N4O2S. The third-order valence-electron chi connectivity index (χ3n) is 3.82. The fraction of sp³-hybridized carbons (Fsp3) is 0.250. The lowest BCUT2D eigenvalue weighted by Crippen LogP contribution is -2.28. The van der Waals surface area contributed by atoms with Crippen molar-refractivity contribution < 1.29 is 17.2 Å². The summed E-state index contributed by atoms with van der Waals surface area (Å²) in [5.74, 6) is -0.0369. The molecule has 6 nitrogen and oxygen atoms in total. The summed E-state index contributed by atoms with van der Waals surface area (Å²) in [7, 11) is -2.60. The first-order valence-electron chi connectivity index (χ1n) is 7.42. The van der Waals surface area contributed by atoms with E-state index in [0.29, 0.717) is 15.5 Å². The molecule has 0 spiro atoms. The minimum absolute atomic E-state index is 0.0302. The van der Waals surface area contributed by atoms with Crippen LogP contribution in [0.3, 0.4) is 0 Å². The van der Waals surface area contributed by atoms with E-state index >= 15 is 0 Å². The number of alkyl halides is 2. The van der Waals surface area contributed by atoms with Crippen molar-refractivity contribution in [2.75, 3.05) is 7.05 Å². The van der Waals surface area contributed by atoms with Crippen molar-refractivity contribution in [1.82, 2.24) is 18.8 Å². The highest BCUT2D eigenvalue weighted by molar-refractivity contribution is 7.89. The lowest BCUT2D eigenvalue weighted by atomic mass is 10.2. The molecule has 0 saturated carbocycles. The Morgan fingerprint density at radius 2 is 2.04 bits per heavy atom. The van der Waals surface area contributed by atoms with E-state index in [9.17, 15) is 17.2 Å². The van der Waals surface area contributed by atoms with Gasteiger partial charge >= 0.3 is 6.55 Å². The van der Waals surface area contributed by atoms with Crippen LogP contribution >= 0.6 is 0 Å². The number of sulfonamides is 1. The third kappa shape index (κ3) is 3.24. The minimum atomic E-state index is -3.92. The molecule has 0 aliphatic heterocycles. The molecule has 2 heterocycles. The highest BCUT2D eigenvalue weighted by Crippen LogP contribution is 2.25. The van der Waals surface area contributed by atoms with Gasteiger partial charge in [0.25, 0.3) is 0 Å². The summed E-state index contributed by atoms with van der Waals surface area (Å²) in [6, 6.07) is 6.70. The van der Waals surface area contributed by atoms with Gasteiger partial charge < -0.3 is 0 Å². The van der Waals surface area contributed by atoms with E-state index in [1.165, 1.54) is 19.3 Å². The molecule has 3 rings (SSSR count). The molecule has 2 aromatic heterocycles. The van der Waals surface area contributed by atoms with Crippen LogP contribution in [0.1, 0.15) is 17.9 Å². The van der Waals surface area contributed by atoms with Gasteiger partial charge in [0.2, 0.25) is 10.0 Å². The van der Waals surface area contributed by atoms with E-state index in [0.717, 1.165) is 16.1 Å². The van der Waals surface area contributed by atoms with Crippen molar-refractivity contribution in [1.29, 1.82) is 0 Å². The maximum Gasteiger partial charge on any atom is 0.319 e. The summed E-state index contributed by atoms with van der Waals surface area (Å²) in [6.45, 7) is -1.19. The molecule has 0 fully saturated rings. The Morgan fingerprint density at radius 3 is 2.76 bits per heavy atom. The van der Waals surface area contributed by atoms with Crippen LogP contribution in [0.5, 0.6) is 0 Å². The summed E-state index contributed by atoms with van der Waals surface area (Å²) >= 11 is 0. The Labute approximate surface area is 143 Å². The molecular weight excluding hydrogens is 350 g/mol. The van der Waals surface area contributed by atoms with Gasteiger partial charge in [0.1, 0.15) is 10.7 Å². The second-order valence-corrected chi connectivity index (χ2v) is 7.64. The summed E-state index contributed by atoms with van der Waals surface area (Å²) < 4.78 is 53.3. The number of benzene rings is 1. The fourth-order valence-corrected chi connectivity index (χ4v) is 3.83. The van der Waals surface area contributed by atoms with Gasteiger partial charge in [-0.3, -0.25) is 9.55 Å². The zero-order chi connectivity index (χ0) is 18.2. The molecule has 0 unspecified atom stereocenters. The average Bonchev–Trinajstić information content (AvgIpc) is 3.02. The highest BCUT2D eigenvalue weighted by Gasteiger charge is 2.26. The van der Waals surface area contributed by atoms with Gasteiger partial charge in [-0.05, 0) is 24.6 Å². The van der Waals surface area contributed by atoms with Gasteiger partial charge in [0.05, 0.1) is 12.1 Å². The first kappa shape index (κ1) is 17.4. The van der Waals surface area contributed by atoms with Gasteiger partial charge in [0.15, 0.2) is 0 Å². The Bertz CT molecular complexity index is 1020. The van der Waals surface area contributed by atoms with Crippen LogP contribution in [-0.2, 0) is 16.6 Å². The molecule has 0 radical (unpaired) electrons. The lowest BCUT2D eigenvalue weighted by molar-refractivity contribution is 0.0658. The molecule has 3 aromatic rings. The van der Waals surface area contributed by atoms with Crippen molar-refractivity contribution in [2.24, 2.45) is 0 Å². The molecule has 132 valence electrons. The zero-order valence-electron chi connectivity index (χ0n) is 13.6. The number of pyridine rings is 1. The smallest absolute Gasteiger partial charge is 0.277 e. The second-order valence-electron chi connectivity index (χ2n) is 5.63. The van der Waals surface area contributed by atoms with E-state index in [-0.39, 0.29) is 17.3 Å². The molecule has 1 aromatic carbocycles. The third-order valence-corrected chi connectivity index (χ3v) is 5.66. The van der Waals surface area contributed by atoms with E-state index < -0.39 is 16.6 Å². The Morgan fingerprint density at radius 1 is 1.28 bits per heavy atom. The van der Waals surface area contributed by atoms with Crippen molar-refractivity contribution in [3.8, 4) is 0 Å². The highest BCUT2D eigenvalue weighted by atomic mass is 32.2. The summed E-state index contributed by atoms with van der Waals surface area (Å²) in [5, 5.41) is 0.698. The van der Waals surface area contributed by atoms with E-state index in [1.807, 2.05) is 13.0 Å². The van der Waals surface area contributed by atoms with Gasteiger partial charge in [-0.25, -0.2) is 13.4 Å². The minimum Gasteiger partial charge on any atom is -0.277 e. The quantitative estimate of drug-likeness (QED) is 0.696. The predicted octanol–water partition coefficient (Wildman–Crippen LogP) is 2.96. The van der Waals surface area contributed by atoms with Crippen LogP contribution in [0.2, 0.25) is 0 Å². The van der Waals surface area contributed by atoms with Crippen molar-refractivity contribution >= 4 is 20.9 Å². The molecule has 0 saturated heterocycles. The van der Waals surface area contributed by atoms with Crippen molar-refractivity contribution in [2.45, 2.75) is 24.9 Å². The van der Waals surface area contributed by atoms with E-state index in [4.69, 9.17) is 0 Å². The molecule has 25 heavy (non-hydrogen) atoms. The van der Waals surface area contributed by atoms with Crippen molar-refractivity contribution in [3.05, 3.63) is 54.2 Å². The average molecular weight is 366 g/mol. The van der Waals surface area contributed by atoms with Gasteiger partial charge in [-0.2, -0.15) is 13.1 Å². The number of aromatic nitrogens is 3. The maximum atomic E-state index is 12.9. The SMILES string of the molecule is Cc1cnc2c(S(=O)(=O)N(C)Cc3nccn3C(F)F)cccc2c1. The monoisotopic (exact) mass is 366 g/mol. The summed E-state index contributed by atoms with van der Waals surface area (Å²) in [4.78, 5) is 8.08. The largest absolute Gasteiger partial charge is 0.319 e. The van der Waals surface area contributed by atoms with Gasteiger partial charge in [-0.1, -0.05) is 12.1 Å². The van der Waals surface area contributed by atoms with Crippen LogP contribution < -0.4 is 0 Å². The molecule has 0 aliphatic carbocycles. The number of imidazole rings is 1. The topological polar surface area (TPSA) is 68.1 Å². The first-order chi connectivity index (χ1) is 11.8. The second kappa shape index (κ2) is 6.49. The molecule has 9 heteroatoms. The molecule has 0 amide bonds. The number of nitrogens with zero attached hydrogens (tertiary/aromatic N) is 4. The molecule has 0 aliphatic rings. The standard InChI is InChI=1S/C16H16F2N4O2S/c1-11-8-12-4-3-5-13(15(12)20-9-11)25(23,24)21(2)10-14-19-6-7-22(14)16(17)18/h3-9,16H,10H2,1-2H3. The van der Waals surface area contributed by atoms with E-state index in [2.05, 4.69) is 9.97 Å². The van der Waals surface area contributed by atoms with Gasteiger partial charge in [-0.15, -0.1) is 0 Å². The van der Waals surface area contributed by atoms with Crippen molar-refractivity contribution in [3.63, 3.8) is 0 Å². The number of aryl methyl sites for hydroxylation is 1. The summed E-state index contributed by atoms with van der Waals surface area (Å²) in [6.07, 6.45) is 3.91. The Kier molecular flexibility index (Phi) is 4.53. The van der Waals surface area contributed by atoms with Crippen LogP contribution in [-0.4, -0.2) is 34.3 Å².